The van der Waals surface area contributed by atoms with E-state index in [4.69, 9.17) is 10.5 Å². The highest BCUT2D eigenvalue weighted by atomic mass is 16.5. The highest BCUT2D eigenvalue weighted by Gasteiger charge is 2.03. The smallest absolute Gasteiger partial charge is 0.221 e. The van der Waals surface area contributed by atoms with Gasteiger partial charge in [0.1, 0.15) is 5.75 Å². The SMILES string of the molecule is CC(=O)Nc1ccccc1OCCCCCN. The molecule has 0 atom stereocenters. The lowest BCUT2D eigenvalue weighted by atomic mass is 10.2. The monoisotopic (exact) mass is 236 g/mol. The van der Waals surface area contributed by atoms with E-state index in [1.165, 1.54) is 6.92 Å². The van der Waals surface area contributed by atoms with Crippen LogP contribution in [0.1, 0.15) is 26.2 Å². The van der Waals surface area contributed by atoms with Gasteiger partial charge in [-0.15, -0.1) is 0 Å². The van der Waals surface area contributed by atoms with Crippen molar-refractivity contribution in [1.29, 1.82) is 0 Å². The molecule has 94 valence electrons. The predicted octanol–water partition coefficient (Wildman–Crippen LogP) is 2.15. The summed E-state index contributed by atoms with van der Waals surface area (Å²) in [6.07, 6.45) is 3.07. The topological polar surface area (TPSA) is 64.3 Å². The minimum atomic E-state index is -0.0934. The Labute approximate surface area is 102 Å². The lowest BCUT2D eigenvalue weighted by molar-refractivity contribution is -0.114. The van der Waals surface area contributed by atoms with Crippen LogP contribution in [-0.2, 0) is 4.79 Å². The van der Waals surface area contributed by atoms with Crippen LogP contribution < -0.4 is 15.8 Å². The number of rotatable bonds is 7. The fraction of sp³-hybridized carbons (Fsp3) is 0.462. The van der Waals surface area contributed by atoms with E-state index in [9.17, 15) is 4.79 Å². The molecule has 1 aromatic carbocycles. The van der Waals surface area contributed by atoms with Crippen LogP contribution in [-0.4, -0.2) is 19.1 Å². The molecule has 0 aliphatic heterocycles. The Morgan fingerprint density at radius 3 is 2.76 bits per heavy atom. The zero-order chi connectivity index (χ0) is 12.5. The van der Waals surface area contributed by atoms with E-state index < -0.39 is 0 Å². The number of hydrogen-bond donors (Lipinski definition) is 2. The number of para-hydroxylation sites is 2. The van der Waals surface area contributed by atoms with E-state index in [1.807, 2.05) is 24.3 Å². The van der Waals surface area contributed by atoms with Crippen LogP contribution in [0.25, 0.3) is 0 Å². The number of ether oxygens (including phenoxy) is 1. The second-order valence-electron chi connectivity index (χ2n) is 3.88. The molecule has 3 N–H and O–H groups in total. The van der Waals surface area contributed by atoms with Crippen LogP contribution in [0, 0.1) is 0 Å². The van der Waals surface area contributed by atoms with Crippen molar-refractivity contribution in [1.82, 2.24) is 0 Å². The molecule has 0 saturated heterocycles. The minimum Gasteiger partial charge on any atom is -0.491 e. The summed E-state index contributed by atoms with van der Waals surface area (Å²) < 4.78 is 5.63. The van der Waals surface area contributed by atoms with Gasteiger partial charge in [-0.2, -0.15) is 0 Å². The normalized spacial score (nSPS) is 10.0. The lowest BCUT2D eigenvalue weighted by Gasteiger charge is -2.11. The molecule has 1 aromatic rings. The second kappa shape index (κ2) is 7.68. The molecular weight excluding hydrogens is 216 g/mol. The van der Waals surface area contributed by atoms with Crippen LogP contribution in [0.5, 0.6) is 5.75 Å². The lowest BCUT2D eigenvalue weighted by Crippen LogP contribution is -2.08. The van der Waals surface area contributed by atoms with Crippen molar-refractivity contribution in [2.75, 3.05) is 18.5 Å². The summed E-state index contributed by atoms with van der Waals surface area (Å²) >= 11 is 0. The predicted molar refractivity (Wildman–Crippen MR) is 69.1 cm³/mol. The maximum Gasteiger partial charge on any atom is 0.221 e. The molecule has 0 aromatic heterocycles. The number of anilines is 1. The van der Waals surface area contributed by atoms with Gasteiger partial charge in [0, 0.05) is 6.92 Å². The molecule has 1 rings (SSSR count). The quantitative estimate of drug-likeness (QED) is 0.713. The summed E-state index contributed by atoms with van der Waals surface area (Å²) in [5, 5.41) is 2.74. The molecule has 0 heterocycles. The Balaban J connectivity index is 2.43. The summed E-state index contributed by atoms with van der Waals surface area (Å²) in [7, 11) is 0. The van der Waals surface area contributed by atoms with Gasteiger partial charge in [0.05, 0.1) is 12.3 Å². The third kappa shape index (κ3) is 5.36. The third-order valence-corrected chi connectivity index (χ3v) is 2.30. The molecule has 4 heteroatoms. The van der Waals surface area contributed by atoms with E-state index in [0.717, 1.165) is 37.2 Å². The number of benzene rings is 1. The van der Waals surface area contributed by atoms with Gasteiger partial charge in [-0.05, 0) is 37.9 Å². The van der Waals surface area contributed by atoms with E-state index in [2.05, 4.69) is 5.32 Å². The van der Waals surface area contributed by atoms with Crippen LogP contribution >= 0.6 is 0 Å². The second-order valence-corrected chi connectivity index (χ2v) is 3.88. The zero-order valence-corrected chi connectivity index (χ0v) is 10.2. The van der Waals surface area contributed by atoms with E-state index in [-0.39, 0.29) is 5.91 Å². The van der Waals surface area contributed by atoms with Gasteiger partial charge < -0.3 is 15.8 Å². The molecule has 0 aliphatic rings. The Morgan fingerprint density at radius 2 is 2.06 bits per heavy atom. The molecule has 17 heavy (non-hydrogen) atoms. The molecular formula is C13H20N2O2. The molecule has 4 nitrogen and oxygen atoms in total. The molecule has 0 radical (unpaired) electrons. The number of carbonyl (C=O) groups is 1. The van der Waals surface area contributed by atoms with Crippen LogP contribution in [0.2, 0.25) is 0 Å². The molecule has 0 saturated carbocycles. The maximum absolute atomic E-state index is 11.0. The van der Waals surface area contributed by atoms with Gasteiger partial charge in [0.25, 0.3) is 0 Å². The fourth-order valence-electron chi connectivity index (χ4n) is 1.49. The van der Waals surface area contributed by atoms with Crippen molar-refractivity contribution >= 4 is 11.6 Å². The fourth-order valence-corrected chi connectivity index (χ4v) is 1.49. The first-order valence-electron chi connectivity index (χ1n) is 5.93. The van der Waals surface area contributed by atoms with Gasteiger partial charge in [0.15, 0.2) is 0 Å². The highest BCUT2D eigenvalue weighted by molar-refractivity contribution is 5.90. The van der Waals surface area contributed by atoms with Crippen molar-refractivity contribution in [3.63, 3.8) is 0 Å². The molecule has 1 amide bonds. The number of nitrogens with two attached hydrogens (primary N) is 1. The van der Waals surface area contributed by atoms with Gasteiger partial charge >= 0.3 is 0 Å². The van der Waals surface area contributed by atoms with Crippen LogP contribution in [0.3, 0.4) is 0 Å². The van der Waals surface area contributed by atoms with Crippen molar-refractivity contribution < 1.29 is 9.53 Å². The average molecular weight is 236 g/mol. The van der Waals surface area contributed by atoms with Gasteiger partial charge in [-0.25, -0.2) is 0 Å². The molecule has 0 aliphatic carbocycles. The summed E-state index contributed by atoms with van der Waals surface area (Å²) in [6.45, 7) is 2.86. The van der Waals surface area contributed by atoms with Crippen molar-refractivity contribution in [3.8, 4) is 5.75 Å². The number of hydrogen-bond acceptors (Lipinski definition) is 3. The zero-order valence-electron chi connectivity index (χ0n) is 10.2. The standard InChI is InChI=1S/C13H20N2O2/c1-11(16)15-12-7-3-4-8-13(12)17-10-6-2-5-9-14/h3-4,7-8H,2,5-6,9-10,14H2,1H3,(H,15,16). The first kappa shape index (κ1) is 13.5. The number of amides is 1. The van der Waals surface area contributed by atoms with Crippen LogP contribution in [0.4, 0.5) is 5.69 Å². The number of nitrogens with one attached hydrogen (secondary N) is 1. The first-order chi connectivity index (χ1) is 8.24. The Hall–Kier alpha value is -1.55. The molecule has 0 fully saturated rings. The Kier molecular flexibility index (Phi) is 6.10. The average Bonchev–Trinajstić information content (AvgIpc) is 2.30. The Bertz CT molecular complexity index is 353. The minimum absolute atomic E-state index is 0.0934. The Morgan fingerprint density at radius 1 is 1.29 bits per heavy atom. The summed E-state index contributed by atoms with van der Waals surface area (Å²) in [5.41, 5.74) is 6.13. The first-order valence-corrected chi connectivity index (χ1v) is 5.93. The third-order valence-electron chi connectivity index (χ3n) is 2.30. The van der Waals surface area contributed by atoms with Gasteiger partial charge in [0.2, 0.25) is 5.91 Å². The van der Waals surface area contributed by atoms with Crippen LogP contribution in [0.15, 0.2) is 24.3 Å². The van der Waals surface area contributed by atoms with Crippen molar-refractivity contribution in [3.05, 3.63) is 24.3 Å². The van der Waals surface area contributed by atoms with E-state index in [1.54, 1.807) is 0 Å². The molecule has 0 bridgehead atoms. The highest BCUT2D eigenvalue weighted by Crippen LogP contribution is 2.23. The number of carbonyl (C=O) groups excluding carboxylic acids is 1. The van der Waals surface area contributed by atoms with Gasteiger partial charge in [-0.3, -0.25) is 4.79 Å². The molecule has 0 unspecified atom stereocenters. The van der Waals surface area contributed by atoms with Crippen molar-refractivity contribution in [2.45, 2.75) is 26.2 Å². The van der Waals surface area contributed by atoms with Gasteiger partial charge in [-0.1, -0.05) is 12.1 Å². The largest absolute Gasteiger partial charge is 0.491 e. The van der Waals surface area contributed by atoms with E-state index >= 15 is 0 Å². The number of unbranched alkanes of at least 4 members (excludes halogenated alkanes) is 2. The van der Waals surface area contributed by atoms with E-state index in [0.29, 0.717) is 6.61 Å². The maximum atomic E-state index is 11.0. The molecule has 0 spiro atoms. The summed E-state index contributed by atoms with van der Waals surface area (Å²) in [5.74, 6) is 0.625. The summed E-state index contributed by atoms with van der Waals surface area (Å²) in [6, 6.07) is 7.44. The summed E-state index contributed by atoms with van der Waals surface area (Å²) in [4.78, 5) is 11.0. The van der Waals surface area contributed by atoms with Crippen molar-refractivity contribution in [2.24, 2.45) is 5.73 Å².